The highest BCUT2D eigenvalue weighted by Gasteiger charge is 2.28. The van der Waals surface area contributed by atoms with Gasteiger partial charge >= 0.3 is 0 Å². The summed E-state index contributed by atoms with van der Waals surface area (Å²) < 4.78 is 11.9. The number of methoxy groups -OCH3 is 1. The number of anilines is 1. The number of hydrogen-bond acceptors (Lipinski definition) is 4. The van der Waals surface area contributed by atoms with Crippen molar-refractivity contribution in [3.8, 4) is 11.5 Å². The summed E-state index contributed by atoms with van der Waals surface area (Å²) in [5.74, 6) is 1.68. The summed E-state index contributed by atoms with van der Waals surface area (Å²) in [4.78, 5) is 6.95. The van der Waals surface area contributed by atoms with E-state index >= 15 is 0 Å². The van der Waals surface area contributed by atoms with Crippen LogP contribution in [0.1, 0.15) is 56.3 Å². The molecule has 1 aliphatic carbocycles. The van der Waals surface area contributed by atoms with E-state index in [0.717, 1.165) is 36.6 Å². The minimum Gasteiger partial charge on any atom is -0.493 e. The standard InChI is InChI=1S/C21H26N2O2/c1-15-21-16(7-6-12-22-21)14-23(15)17-10-11-19(24-2)20(13-17)25-18-8-4-3-5-9-18/h6-7,10-13,15,18H,3-5,8-9,14H2,1-2H3. The van der Waals surface area contributed by atoms with Crippen LogP contribution in [0.15, 0.2) is 36.5 Å². The van der Waals surface area contributed by atoms with E-state index in [9.17, 15) is 0 Å². The number of benzene rings is 1. The monoisotopic (exact) mass is 338 g/mol. The van der Waals surface area contributed by atoms with Gasteiger partial charge in [0.15, 0.2) is 11.5 Å². The first-order valence-electron chi connectivity index (χ1n) is 9.31. The molecule has 2 heterocycles. The largest absolute Gasteiger partial charge is 0.493 e. The van der Waals surface area contributed by atoms with Crippen LogP contribution in [0.25, 0.3) is 0 Å². The predicted molar refractivity (Wildman–Crippen MR) is 99.3 cm³/mol. The maximum Gasteiger partial charge on any atom is 0.163 e. The summed E-state index contributed by atoms with van der Waals surface area (Å²) in [6, 6.07) is 10.7. The third kappa shape index (κ3) is 3.17. The van der Waals surface area contributed by atoms with E-state index < -0.39 is 0 Å². The van der Waals surface area contributed by atoms with Crippen LogP contribution >= 0.6 is 0 Å². The molecule has 0 radical (unpaired) electrons. The van der Waals surface area contributed by atoms with E-state index in [0.29, 0.717) is 6.10 Å². The Bertz CT molecular complexity index is 740. The predicted octanol–water partition coefficient (Wildman–Crippen LogP) is 4.88. The summed E-state index contributed by atoms with van der Waals surface area (Å²) >= 11 is 0. The second-order valence-electron chi connectivity index (χ2n) is 7.06. The first-order chi connectivity index (χ1) is 12.3. The second-order valence-corrected chi connectivity index (χ2v) is 7.06. The number of fused-ring (bicyclic) bond motifs is 1. The SMILES string of the molecule is COc1ccc(N2Cc3cccnc3C2C)cc1OC1CCCCC1. The fourth-order valence-corrected chi connectivity index (χ4v) is 4.04. The Balaban J connectivity index is 1.59. The van der Waals surface area contributed by atoms with Gasteiger partial charge in [-0.3, -0.25) is 4.98 Å². The third-order valence-corrected chi connectivity index (χ3v) is 5.45. The summed E-state index contributed by atoms with van der Waals surface area (Å²) in [7, 11) is 1.71. The van der Waals surface area contributed by atoms with Crippen LogP contribution in [0.3, 0.4) is 0 Å². The molecule has 0 saturated heterocycles. The Labute approximate surface area is 149 Å². The zero-order chi connectivity index (χ0) is 17.2. The van der Waals surface area contributed by atoms with E-state index in [1.165, 1.54) is 30.5 Å². The van der Waals surface area contributed by atoms with E-state index in [1.54, 1.807) is 7.11 Å². The molecule has 1 aromatic heterocycles. The molecule has 1 aromatic carbocycles. The Morgan fingerprint density at radius 1 is 1.08 bits per heavy atom. The van der Waals surface area contributed by atoms with Crippen LogP contribution in [0, 0.1) is 0 Å². The molecule has 4 rings (SSSR count). The molecule has 1 aliphatic heterocycles. The minimum atomic E-state index is 0.270. The van der Waals surface area contributed by atoms with E-state index in [-0.39, 0.29) is 6.04 Å². The van der Waals surface area contributed by atoms with Crippen molar-refractivity contribution in [1.29, 1.82) is 0 Å². The van der Waals surface area contributed by atoms with Gasteiger partial charge in [-0.05, 0) is 56.4 Å². The lowest BCUT2D eigenvalue weighted by molar-refractivity contribution is 0.149. The summed E-state index contributed by atoms with van der Waals surface area (Å²) in [6.07, 6.45) is 8.32. The smallest absolute Gasteiger partial charge is 0.163 e. The number of hydrogen-bond donors (Lipinski definition) is 0. The lowest BCUT2D eigenvalue weighted by atomic mass is 9.98. The van der Waals surface area contributed by atoms with Crippen LogP contribution in [-0.2, 0) is 6.54 Å². The van der Waals surface area contributed by atoms with Crippen molar-refractivity contribution in [2.45, 2.75) is 57.7 Å². The molecule has 1 unspecified atom stereocenters. The van der Waals surface area contributed by atoms with Crippen molar-refractivity contribution in [2.24, 2.45) is 0 Å². The van der Waals surface area contributed by atoms with Gasteiger partial charge in [0.25, 0.3) is 0 Å². The quantitative estimate of drug-likeness (QED) is 0.795. The van der Waals surface area contributed by atoms with Gasteiger partial charge in [0.2, 0.25) is 0 Å². The highest BCUT2D eigenvalue weighted by molar-refractivity contribution is 5.59. The maximum atomic E-state index is 6.32. The van der Waals surface area contributed by atoms with Gasteiger partial charge in [-0.25, -0.2) is 0 Å². The lowest BCUT2D eigenvalue weighted by Crippen LogP contribution is -2.21. The zero-order valence-electron chi connectivity index (χ0n) is 15.1. The zero-order valence-corrected chi connectivity index (χ0v) is 15.1. The van der Waals surface area contributed by atoms with Gasteiger partial charge in [-0.1, -0.05) is 12.5 Å². The highest BCUT2D eigenvalue weighted by atomic mass is 16.5. The molecular weight excluding hydrogens is 312 g/mol. The minimum absolute atomic E-state index is 0.270. The molecule has 1 fully saturated rings. The number of pyridine rings is 1. The van der Waals surface area contributed by atoms with Crippen LogP contribution in [0.5, 0.6) is 11.5 Å². The molecule has 2 aromatic rings. The third-order valence-electron chi connectivity index (χ3n) is 5.45. The van der Waals surface area contributed by atoms with Gasteiger partial charge in [0.1, 0.15) is 0 Å². The first kappa shape index (κ1) is 16.2. The molecule has 25 heavy (non-hydrogen) atoms. The molecule has 0 spiro atoms. The Hall–Kier alpha value is -2.23. The average molecular weight is 338 g/mol. The van der Waals surface area contributed by atoms with Crippen LogP contribution in [-0.4, -0.2) is 18.2 Å². The Morgan fingerprint density at radius 2 is 1.92 bits per heavy atom. The van der Waals surface area contributed by atoms with Gasteiger partial charge in [0.05, 0.1) is 24.9 Å². The molecule has 1 saturated carbocycles. The molecule has 4 nitrogen and oxygen atoms in total. The van der Waals surface area contributed by atoms with Crippen molar-refractivity contribution in [1.82, 2.24) is 4.98 Å². The van der Waals surface area contributed by atoms with E-state index in [4.69, 9.17) is 9.47 Å². The number of rotatable bonds is 4. The highest BCUT2D eigenvalue weighted by Crippen LogP contribution is 2.40. The summed E-state index contributed by atoms with van der Waals surface area (Å²) in [5.41, 5.74) is 3.64. The normalized spacial score (nSPS) is 20.4. The molecule has 1 atom stereocenters. The summed E-state index contributed by atoms with van der Waals surface area (Å²) in [5, 5.41) is 0. The molecule has 2 aliphatic rings. The van der Waals surface area contributed by atoms with E-state index in [1.807, 2.05) is 18.3 Å². The molecule has 132 valence electrons. The summed E-state index contributed by atoms with van der Waals surface area (Å²) in [6.45, 7) is 3.10. The second kappa shape index (κ2) is 6.95. The van der Waals surface area contributed by atoms with Gasteiger partial charge in [-0.2, -0.15) is 0 Å². The molecular formula is C21H26N2O2. The van der Waals surface area contributed by atoms with Crippen LogP contribution < -0.4 is 14.4 Å². The number of ether oxygens (including phenoxy) is 2. The first-order valence-corrected chi connectivity index (χ1v) is 9.31. The van der Waals surface area contributed by atoms with Crippen LogP contribution in [0.4, 0.5) is 5.69 Å². The fourth-order valence-electron chi connectivity index (χ4n) is 4.04. The molecule has 0 bridgehead atoms. The topological polar surface area (TPSA) is 34.6 Å². The van der Waals surface area contributed by atoms with E-state index in [2.05, 4.69) is 35.0 Å². The van der Waals surface area contributed by atoms with Crippen molar-refractivity contribution in [3.63, 3.8) is 0 Å². The van der Waals surface area contributed by atoms with Gasteiger partial charge in [-0.15, -0.1) is 0 Å². The average Bonchev–Trinajstić information content (AvgIpc) is 3.00. The van der Waals surface area contributed by atoms with Gasteiger partial charge in [0, 0.05) is 24.5 Å². The molecule has 4 heteroatoms. The lowest BCUT2D eigenvalue weighted by Gasteiger charge is -2.27. The van der Waals surface area contributed by atoms with Crippen molar-refractivity contribution >= 4 is 5.69 Å². The fraction of sp³-hybridized carbons (Fsp3) is 0.476. The molecule has 0 N–H and O–H groups in total. The maximum absolute atomic E-state index is 6.32. The number of nitrogens with zero attached hydrogens (tertiary/aromatic N) is 2. The van der Waals surface area contributed by atoms with Crippen molar-refractivity contribution in [3.05, 3.63) is 47.8 Å². The Morgan fingerprint density at radius 3 is 2.68 bits per heavy atom. The van der Waals surface area contributed by atoms with Crippen molar-refractivity contribution in [2.75, 3.05) is 12.0 Å². The van der Waals surface area contributed by atoms with Crippen LogP contribution in [0.2, 0.25) is 0 Å². The van der Waals surface area contributed by atoms with Gasteiger partial charge < -0.3 is 14.4 Å². The van der Waals surface area contributed by atoms with Crippen molar-refractivity contribution < 1.29 is 9.47 Å². The number of aromatic nitrogens is 1. The molecule has 0 amide bonds. The Kier molecular flexibility index (Phi) is 4.51.